The van der Waals surface area contributed by atoms with Gasteiger partial charge in [-0.15, -0.1) is 0 Å². The molecule has 0 fully saturated rings. The number of rotatable bonds is 2. The highest BCUT2D eigenvalue weighted by Crippen LogP contribution is 2.28. The van der Waals surface area contributed by atoms with Crippen LogP contribution in [0.15, 0.2) is 24.3 Å². The second-order valence-corrected chi connectivity index (χ2v) is 4.35. The Balaban J connectivity index is 2.59. The molecule has 0 bridgehead atoms. The van der Waals surface area contributed by atoms with Crippen molar-refractivity contribution in [2.75, 3.05) is 0 Å². The van der Waals surface area contributed by atoms with E-state index in [4.69, 9.17) is 0 Å². The van der Waals surface area contributed by atoms with E-state index in [2.05, 4.69) is 4.37 Å². The molecule has 15 heavy (non-hydrogen) atoms. The summed E-state index contributed by atoms with van der Waals surface area (Å²) in [6, 6.07) is 7.83. The third kappa shape index (κ3) is 1.97. The zero-order valence-corrected chi connectivity index (χ0v) is 9.47. The van der Waals surface area contributed by atoms with E-state index in [1.807, 2.05) is 38.1 Å². The topological polar surface area (TPSA) is 30.0 Å². The van der Waals surface area contributed by atoms with Gasteiger partial charge < -0.3 is 0 Å². The first-order valence-corrected chi connectivity index (χ1v) is 5.47. The SMILES string of the molecule is Cc1ccc(C=O)c(-c2cc(C)ns2)c1. The lowest BCUT2D eigenvalue weighted by Crippen LogP contribution is -1.86. The number of carbonyl (C=O) groups is 1. The van der Waals surface area contributed by atoms with Crippen LogP contribution in [0.1, 0.15) is 21.6 Å². The van der Waals surface area contributed by atoms with Crippen LogP contribution in [-0.2, 0) is 0 Å². The molecule has 0 aliphatic rings. The van der Waals surface area contributed by atoms with Gasteiger partial charge in [0.15, 0.2) is 6.29 Å². The van der Waals surface area contributed by atoms with E-state index in [0.29, 0.717) is 0 Å². The third-order valence-corrected chi connectivity index (χ3v) is 3.14. The minimum atomic E-state index is 0.726. The molecule has 0 unspecified atom stereocenters. The molecule has 2 rings (SSSR count). The van der Waals surface area contributed by atoms with Crippen LogP contribution in [-0.4, -0.2) is 10.7 Å². The fourth-order valence-electron chi connectivity index (χ4n) is 1.48. The number of hydrogen-bond donors (Lipinski definition) is 0. The van der Waals surface area contributed by atoms with Crippen LogP contribution in [0.25, 0.3) is 10.4 Å². The molecular formula is C12H11NOS. The molecule has 0 amide bonds. The van der Waals surface area contributed by atoms with Gasteiger partial charge in [0.2, 0.25) is 0 Å². The van der Waals surface area contributed by atoms with Crippen molar-refractivity contribution >= 4 is 17.8 Å². The number of aryl methyl sites for hydroxylation is 2. The highest BCUT2D eigenvalue weighted by molar-refractivity contribution is 7.09. The summed E-state index contributed by atoms with van der Waals surface area (Å²) in [5.74, 6) is 0. The average Bonchev–Trinajstić information content (AvgIpc) is 2.65. The highest BCUT2D eigenvalue weighted by atomic mass is 32.1. The number of nitrogens with zero attached hydrogens (tertiary/aromatic N) is 1. The number of hydrogen-bond acceptors (Lipinski definition) is 3. The average molecular weight is 217 g/mol. The van der Waals surface area contributed by atoms with Gasteiger partial charge in [-0.05, 0) is 37.5 Å². The first kappa shape index (κ1) is 10.1. The van der Waals surface area contributed by atoms with Crippen molar-refractivity contribution in [1.29, 1.82) is 0 Å². The molecule has 2 aromatic rings. The van der Waals surface area contributed by atoms with Crippen molar-refractivity contribution in [2.45, 2.75) is 13.8 Å². The highest BCUT2D eigenvalue weighted by Gasteiger charge is 2.07. The first-order chi connectivity index (χ1) is 7.20. The maximum absolute atomic E-state index is 10.9. The zero-order chi connectivity index (χ0) is 10.8. The Hall–Kier alpha value is -1.48. The Kier molecular flexibility index (Phi) is 2.64. The predicted octanol–water partition coefficient (Wildman–Crippen LogP) is 3.24. The Bertz CT molecular complexity index is 502. The number of aromatic nitrogens is 1. The van der Waals surface area contributed by atoms with Crippen molar-refractivity contribution in [1.82, 2.24) is 4.37 Å². The molecular weight excluding hydrogens is 206 g/mol. The molecule has 1 aromatic heterocycles. The standard InChI is InChI=1S/C12H11NOS/c1-8-3-4-10(7-14)11(5-8)12-6-9(2)13-15-12/h3-7H,1-2H3. The smallest absolute Gasteiger partial charge is 0.150 e. The molecule has 0 atom stereocenters. The summed E-state index contributed by atoms with van der Waals surface area (Å²) in [5.41, 5.74) is 3.86. The van der Waals surface area contributed by atoms with E-state index in [9.17, 15) is 4.79 Å². The molecule has 1 heterocycles. The van der Waals surface area contributed by atoms with Gasteiger partial charge in [0, 0.05) is 11.1 Å². The predicted molar refractivity (Wildman–Crippen MR) is 62.4 cm³/mol. The van der Waals surface area contributed by atoms with E-state index < -0.39 is 0 Å². The third-order valence-electron chi connectivity index (χ3n) is 2.23. The molecule has 0 saturated carbocycles. The van der Waals surface area contributed by atoms with E-state index in [1.165, 1.54) is 11.5 Å². The van der Waals surface area contributed by atoms with Crippen molar-refractivity contribution < 1.29 is 4.79 Å². The van der Waals surface area contributed by atoms with Crippen LogP contribution in [0.3, 0.4) is 0 Å². The quantitative estimate of drug-likeness (QED) is 0.723. The molecule has 1 aromatic carbocycles. The summed E-state index contributed by atoms with van der Waals surface area (Å²) in [7, 11) is 0. The second kappa shape index (κ2) is 3.95. The summed E-state index contributed by atoms with van der Waals surface area (Å²) in [4.78, 5) is 12.0. The van der Waals surface area contributed by atoms with Crippen molar-refractivity contribution in [3.8, 4) is 10.4 Å². The molecule has 0 N–H and O–H groups in total. The summed E-state index contributed by atoms with van der Waals surface area (Å²) < 4.78 is 4.22. The lowest BCUT2D eigenvalue weighted by Gasteiger charge is -2.02. The first-order valence-electron chi connectivity index (χ1n) is 4.70. The molecule has 0 aliphatic carbocycles. The van der Waals surface area contributed by atoms with E-state index in [-0.39, 0.29) is 0 Å². The van der Waals surface area contributed by atoms with Crippen LogP contribution in [0, 0.1) is 13.8 Å². The van der Waals surface area contributed by atoms with Crippen LogP contribution >= 0.6 is 11.5 Å². The van der Waals surface area contributed by atoms with Gasteiger partial charge in [0.25, 0.3) is 0 Å². The maximum Gasteiger partial charge on any atom is 0.150 e. The van der Waals surface area contributed by atoms with Gasteiger partial charge >= 0.3 is 0 Å². The Morgan fingerprint density at radius 2 is 2.07 bits per heavy atom. The molecule has 2 nitrogen and oxygen atoms in total. The maximum atomic E-state index is 10.9. The largest absolute Gasteiger partial charge is 0.298 e. The molecule has 0 saturated heterocycles. The number of carbonyl (C=O) groups excluding carboxylic acids is 1. The molecule has 0 aliphatic heterocycles. The number of benzene rings is 1. The normalized spacial score (nSPS) is 10.3. The minimum absolute atomic E-state index is 0.726. The van der Waals surface area contributed by atoms with E-state index in [1.54, 1.807) is 0 Å². The van der Waals surface area contributed by atoms with Crippen molar-refractivity contribution in [3.05, 3.63) is 41.1 Å². The van der Waals surface area contributed by atoms with Gasteiger partial charge in [-0.3, -0.25) is 4.79 Å². The lowest BCUT2D eigenvalue weighted by atomic mass is 10.0. The van der Waals surface area contributed by atoms with Gasteiger partial charge in [-0.1, -0.05) is 17.7 Å². The number of aldehydes is 1. The Morgan fingerprint density at radius 1 is 1.27 bits per heavy atom. The summed E-state index contributed by atoms with van der Waals surface area (Å²) >= 11 is 1.43. The second-order valence-electron chi connectivity index (χ2n) is 3.54. The molecule has 0 spiro atoms. The fourth-order valence-corrected chi connectivity index (χ4v) is 2.27. The summed E-state index contributed by atoms with van der Waals surface area (Å²) in [5, 5.41) is 0. The van der Waals surface area contributed by atoms with E-state index >= 15 is 0 Å². The van der Waals surface area contributed by atoms with E-state index in [0.717, 1.165) is 33.5 Å². The zero-order valence-electron chi connectivity index (χ0n) is 8.65. The fraction of sp³-hybridized carbons (Fsp3) is 0.167. The van der Waals surface area contributed by atoms with Gasteiger partial charge in [0.05, 0.1) is 10.6 Å². The van der Waals surface area contributed by atoms with Crippen molar-refractivity contribution in [2.24, 2.45) is 0 Å². The lowest BCUT2D eigenvalue weighted by molar-refractivity contribution is 0.112. The van der Waals surface area contributed by atoms with Gasteiger partial charge in [-0.2, -0.15) is 4.37 Å². The minimum Gasteiger partial charge on any atom is -0.298 e. The molecule has 76 valence electrons. The Morgan fingerprint density at radius 3 is 2.67 bits per heavy atom. The Labute approximate surface area is 92.7 Å². The van der Waals surface area contributed by atoms with Crippen LogP contribution in [0.5, 0.6) is 0 Å². The van der Waals surface area contributed by atoms with Crippen LogP contribution in [0.2, 0.25) is 0 Å². The van der Waals surface area contributed by atoms with Crippen LogP contribution < -0.4 is 0 Å². The van der Waals surface area contributed by atoms with Crippen LogP contribution in [0.4, 0.5) is 0 Å². The summed E-state index contributed by atoms with van der Waals surface area (Å²) in [6.45, 7) is 3.97. The van der Waals surface area contributed by atoms with Gasteiger partial charge in [0.1, 0.15) is 0 Å². The molecule has 0 radical (unpaired) electrons. The molecule has 3 heteroatoms. The monoisotopic (exact) mass is 217 g/mol. The van der Waals surface area contributed by atoms with Crippen molar-refractivity contribution in [3.63, 3.8) is 0 Å². The summed E-state index contributed by atoms with van der Waals surface area (Å²) in [6.07, 6.45) is 0.893. The van der Waals surface area contributed by atoms with Gasteiger partial charge in [-0.25, -0.2) is 0 Å².